The Morgan fingerprint density at radius 3 is 1.62 bits per heavy atom. The molecule has 2 rings (SSSR count). The molecule has 0 fully saturated rings. The maximum absolute atomic E-state index is 11.9. The van der Waals surface area contributed by atoms with E-state index >= 15 is 0 Å². The van der Waals surface area contributed by atoms with Gasteiger partial charge in [0.05, 0.1) is 11.4 Å². The van der Waals surface area contributed by atoms with Crippen LogP contribution >= 0.6 is 0 Å². The normalized spacial score (nSPS) is 11.8. The van der Waals surface area contributed by atoms with E-state index in [2.05, 4.69) is 31.0 Å². The van der Waals surface area contributed by atoms with Crippen molar-refractivity contribution in [2.45, 2.75) is 46.0 Å². The van der Waals surface area contributed by atoms with Crippen LogP contribution in [0.15, 0.2) is 59.3 Å². The monoisotopic (exact) mass is 394 g/mol. The Labute approximate surface area is 170 Å². The maximum atomic E-state index is 11.9. The topological polar surface area (TPSA) is 109 Å². The van der Waals surface area contributed by atoms with Crippen molar-refractivity contribution in [3.05, 3.63) is 60.2 Å². The van der Waals surface area contributed by atoms with Gasteiger partial charge < -0.3 is 0 Å². The van der Waals surface area contributed by atoms with E-state index in [0.717, 1.165) is 17.5 Å². The molecule has 0 bridgehead atoms. The van der Waals surface area contributed by atoms with Gasteiger partial charge in [-0.05, 0) is 38.8 Å². The summed E-state index contributed by atoms with van der Waals surface area (Å²) in [6, 6.07) is 7.40. The third kappa shape index (κ3) is 8.42. The first kappa shape index (κ1) is 21.9. The van der Waals surface area contributed by atoms with E-state index in [-0.39, 0.29) is 11.8 Å². The average Bonchev–Trinajstić information content (AvgIpc) is 2.76. The Bertz CT molecular complexity index is 778. The number of nitrogens with one attached hydrogen (secondary N) is 2. The minimum Gasteiger partial charge on any atom is -0.273 e. The molecule has 0 saturated heterocycles. The van der Waals surface area contributed by atoms with Gasteiger partial charge in [-0.15, -0.1) is 0 Å². The molecular weight excluding hydrogens is 368 g/mol. The van der Waals surface area contributed by atoms with Gasteiger partial charge in [0.1, 0.15) is 0 Å². The van der Waals surface area contributed by atoms with Crippen LogP contribution in [0, 0.1) is 0 Å². The summed E-state index contributed by atoms with van der Waals surface area (Å²) in [7, 11) is 0. The van der Waals surface area contributed by atoms with Crippen molar-refractivity contribution in [2.24, 2.45) is 10.2 Å². The van der Waals surface area contributed by atoms with Crippen LogP contribution in [0.5, 0.6) is 0 Å². The standard InChI is InChI=1S/C21H26N6O2/c1-16(18-8-6-12-22-14-18)24-26-20(28)10-4-3-5-11-21(29)27-25-17(2)19-9-7-13-23-15-19/h6-9,12-15H,3-5,10-11H2,1-2H3,(H,26,28)(H,27,29). The lowest BCUT2D eigenvalue weighted by atomic mass is 10.1. The molecule has 0 unspecified atom stereocenters. The summed E-state index contributed by atoms with van der Waals surface area (Å²) >= 11 is 0. The number of carbonyl (C=O) groups excluding carboxylic acids is 2. The Hall–Kier alpha value is -3.42. The van der Waals surface area contributed by atoms with Crippen LogP contribution in [0.4, 0.5) is 0 Å². The third-order valence-electron chi connectivity index (χ3n) is 4.16. The molecule has 2 aromatic rings. The van der Waals surface area contributed by atoms with E-state index in [4.69, 9.17) is 0 Å². The van der Waals surface area contributed by atoms with E-state index < -0.39 is 0 Å². The molecule has 0 aliphatic carbocycles. The van der Waals surface area contributed by atoms with Crippen LogP contribution in [0.3, 0.4) is 0 Å². The fourth-order valence-electron chi connectivity index (χ4n) is 2.43. The SMILES string of the molecule is CC(=NNC(=O)CCCCCC(=O)NN=C(C)c1cccnc1)c1cccnc1. The van der Waals surface area contributed by atoms with Gasteiger partial charge in [0.15, 0.2) is 0 Å². The molecule has 0 aliphatic heterocycles. The molecule has 8 nitrogen and oxygen atoms in total. The first-order valence-electron chi connectivity index (χ1n) is 9.53. The Morgan fingerprint density at radius 1 is 0.793 bits per heavy atom. The van der Waals surface area contributed by atoms with Gasteiger partial charge in [-0.2, -0.15) is 10.2 Å². The fourth-order valence-corrected chi connectivity index (χ4v) is 2.43. The number of hydrazone groups is 2. The average molecular weight is 394 g/mol. The van der Waals surface area contributed by atoms with Crippen LogP contribution in [-0.2, 0) is 9.59 Å². The molecule has 29 heavy (non-hydrogen) atoms. The smallest absolute Gasteiger partial charge is 0.240 e. The number of hydrogen-bond donors (Lipinski definition) is 2. The molecule has 0 saturated carbocycles. The summed E-state index contributed by atoms with van der Waals surface area (Å²) in [4.78, 5) is 31.7. The molecule has 152 valence electrons. The van der Waals surface area contributed by atoms with E-state index in [1.165, 1.54) is 0 Å². The molecule has 2 aromatic heterocycles. The zero-order chi connectivity index (χ0) is 20.9. The molecule has 8 heteroatoms. The number of carbonyl (C=O) groups is 2. The highest BCUT2D eigenvalue weighted by molar-refractivity contribution is 5.99. The van der Waals surface area contributed by atoms with E-state index in [1.807, 2.05) is 38.1 Å². The zero-order valence-electron chi connectivity index (χ0n) is 16.8. The summed E-state index contributed by atoms with van der Waals surface area (Å²) in [6.07, 6.45) is 9.65. The Morgan fingerprint density at radius 2 is 1.24 bits per heavy atom. The molecular formula is C21H26N6O2. The lowest BCUT2D eigenvalue weighted by molar-refractivity contribution is -0.121. The minimum atomic E-state index is -0.144. The second kappa shape index (κ2) is 12.1. The number of pyridine rings is 2. The van der Waals surface area contributed by atoms with Crippen molar-refractivity contribution in [3.8, 4) is 0 Å². The van der Waals surface area contributed by atoms with E-state index in [1.54, 1.807) is 24.8 Å². The van der Waals surface area contributed by atoms with Crippen LogP contribution in [0.1, 0.15) is 57.1 Å². The highest BCUT2D eigenvalue weighted by atomic mass is 16.2. The molecule has 2 N–H and O–H groups in total. The summed E-state index contributed by atoms with van der Waals surface area (Å²) in [5.74, 6) is -0.288. The second-order valence-electron chi connectivity index (χ2n) is 6.51. The fraction of sp³-hybridized carbons (Fsp3) is 0.333. The first-order chi connectivity index (χ1) is 14.1. The summed E-state index contributed by atoms with van der Waals surface area (Å²) in [5.41, 5.74) is 8.22. The van der Waals surface area contributed by atoms with Gasteiger partial charge in [-0.1, -0.05) is 18.6 Å². The van der Waals surface area contributed by atoms with Crippen molar-refractivity contribution in [1.29, 1.82) is 0 Å². The Balaban J connectivity index is 1.59. The molecule has 0 aromatic carbocycles. The summed E-state index contributed by atoms with van der Waals surface area (Å²) < 4.78 is 0. The van der Waals surface area contributed by atoms with Crippen molar-refractivity contribution in [1.82, 2.24) is 20.8 Å². The van der Waals surface area contributed by atoms with E-state index in [0.29, 0.717) is 37.1 Å². The number of amides is 2. The maximum Gasteiger partial charge on any atom is 0.240 e. The van der Waals surface area contributed by atoms with Crippen LogP contribution in [-0.4, -0.2) is 33.2 Å². The van der Waals surface area contributed by atoms with Crippen LogP contribution in [0.25, 0.3) is 0 Å². The highest BCUT2D eigenvalue weighted by Crippen LogP contribution is 2.04. The predicted octanol–water partition coefficient (Wildman–Crippen LogP) is 2.81. The lowest BCUT2D eigenvalue weighted by Crippen LogP contribution is -2.19. The van der Waals surface area contributed by atoms with Gasteiger partial charge in [0.2, 0.25) is 11.8 Å². The lowest BCUT2D eigenvalue weighted by Gasteiger charge is -2.04. The van der Waals surface area contributed by atoms with Crippen molar-refractivity contribution in [3.63, 3.8) is 0 Å². The largest absolute Gasteiger partial charge is 0.273 e. The predicted molar refractivity (Wildman–Crippen MR) is 112 cm³/mol. The van der Waals surface area contributed by atoms with Crippen molar-refractivity contribution >= 4 is 23.2 Å². The molecule has 0 atom stereocenters. The zero-order valence-corrected chi connectivity index (χ0v) is 16.8. The number of hydrogen-bond acceptors (Lipinski definition) is 6. The number of aromatic nitrogens is 2. The van der Waals surface area contributed by atoms with Gasteiger partial charge in [-0.25, -0.2) is 10.9 Å². The third-order valence-corrected chi connectivity index (χ3v) is 4.16. The minimum absolute atomic E-state index is 0.144. The number of nitrogens with zero attached hydrogens (tertiary/aromatic N) is 4. The first-order valence-corrected chi connectivity index (χ1v) is 9.53. The molecule has 0 radical (unpaired) electrons. The second-order valence-corrected chi connectivity index (χ2v) is 6.51. The molecule has 0 spiro atoms. The van der Waals surface area contributed by atoms with Crippen molar-refractivity contribution < 1.29 is 9.59 Å². The molecule has 2 heterocycles. The molecule has 2 amide bonds. The number of rotatable bonds is 10. The van der Waals surface area contributed by atoms with Crippen LogP contribution in [0.2, 0.25) is 0 Å². The van der Waals surface area contributed by atoms with Gasteiger partial charge in [0, 0.05) is 48.8 Å². The van der Waals surface area contributed by atoms with Crippen LogP contribution < -0.4 is 10.9 Å². The van der Waals surface area contributed by atoms with Gasteiger partial charge in [0.25, 0.3) is 0 Å². The summed E-state index contributed by atoms with van der Waals surface area (Å²) in [6.45, 7) is 3.63. The molecule has 0 aliphatic rings. The van der Waals surface area contributed by atoms with E-state index in [9.17, 15) is 9.59 Å². The quantitative estimate of drug-likeness (QED) is 0.367. The summed E-state index contributed by atoms with van der Waals surface area (Å²) in [5, 5.41) is 8.16. The van der Waals surface area contributed by atoms with Gasteiger partial charge in [-0.3, -0.25) is 19.6 Å². The number of unbranched alkanes of at least 4 members (excludes halogenated alkanes) is 2. The highest BCUT2D eigenvalue weighted by Gasteiger charge is 2.04. The van der Waals surface area contributed by atoms with Crippen molar-refractivity contribution in [2.75, 3.05) is 0 Å². The Kier molecular flexibility index (Phi) is 9.14. The van der Waals surface area contributed by atoms with Gasteiger partial charge >= 0.3 is 0 Å².